The standard InChI is InChI=1S/C11H6BrFO3/c12-7-4-3-6(8-2-1-5-16-8)9(10(7)13)11(14)15/h1-5H,(H,14,15). The van der Waals surface area contributed by atoms with E-state index in [-0.39, 0.29) is 10.0 Å². The van der Waals surface area contributed by atoms with Crippen LogP contribution in [0, 0.1) is 5.82 Å². The molecule has 2 rings (SSSR count). The number of carboxylic acid groups (broad SMARTS) is 1. The van der Waals surface area contributed by atoms with Crippen LogP contribution in [0.3, 0.4) is 0 Å². The number of benzene rings is 1. The molecule has 2 aromatic rings. The minimum atomic E-state index is -1.33. The Morgan fingerprint density at radius 2 is 2.12 bits per heavy atom. The van der Waals surface area contributed by atoms with Crippen LogP contribution in [0.2, 0.25) is 0 Å². The van der Waals surface area contributed by atoms with E-state index < -0.39 is 17.3 Å². The predicted molar refractivity (Wildman–Crippen MR) is 58.8 cm³/mol. The van der Waals surface area contributed by atoms with Crippen LogP contribution in [0.5, 0.6) is 0 Å². The van der Waals surface area contributed by atoms with Gasteiger partial charge in [0.25, 0.3) is 0 Å². The van der Waals surface area contributed by atoms with Gasteiger partial charge in [0.1, 0.15) is 11.3 Å². The van der Waals surface area contributed by atoms with E-state index in [4.69, 9.17) is 9.52 Å². The van der Waals surface area contributed by atoms with Gasteiger partial charge < -0.3 is 9.52 Å². The molecule has 0 aliphatic heterocycles. The maximum atomic E-state index is 13.6. The maximum Gasteiger partial charge on any atom is 0.339 e. The molecule has 1 N–H and O–H groups in total. The molecule has 1 aromatic carbocycles. The highest BCUT2D eigenvalue weighted by molar-refractivity contribution is 9.10. The summed E-state index contributed by atoms with van der Waals surface area (Å²) in [4.78, 5) is 11.0. The van der Waals surface area contributed by atoms with Crippen molar-refractivity contribution in [3.05, 3.63) is 46.4 Å². The van der Waals surface area contributed by atoms with Crippen molar-refractivity contribution in [3.8, 4) is 11.3 Å². The van der Waals surface area contributed by atoms with Gasteiger partial charge in [0, 0.05) is 5.56 Å². The molecule has 0 aliphatic rings. The largest absolute Gasteiger partial charge is 0.478 e. The Hall–Kier alpha value is -1.62. The van der Waals surface area contributed by atoms with E-state index in [1.54, 1.807) is 12.1 Å². The van der Waals surface area contributed by atoms with E-state index in [2.05, 4.69) is 15.9 Å². The van der Waals surface area contributed by atoms with E-state index in [0.29, 0.717) is 5.76 Å². The van der Waals surface area contributed by atoms with Crippen LogP contribution in [-0.4, -0.2) is 11.1 Å². The number of furan rings is 1. The molecule has 3 nitrogen and oxygen atoms in total. The van der Waals surface area contributed by atoms with Gasteiger partial charge in [-0.05, 0) is 40.2 Å². The van der Waals surface area contributed by atoms with Gasteiger partial charge in [-0.1, -0.05) is 0 Å². The first kappa shape index (κ1) is 10.9. The van der Waals surface area contributed by atoms with Gasteiger partial charge in [0.05, 0.1) is 10.7 Å². The number of carbonyl (C=O) groups is 1. The second-order valence-electron chi connectivity index (χ2n) is 3.07. The van der Waals surface area contributed by atoms with Crippen LogP contribution in [0.15, 0.2) is 39.4 Å². The van der Waals surface area contributed by atoms with E-state index in [1.165, 1.54) is 18.4 Å². The zero-order chi connectivity index (χ0) is 11.7. The van der Waals surface area contributed by atoms with Crippen LogP contribution in [0.25, 0.3) is 11.3 Å². The Morgan fingerprint density at radius 3 is 2.69 bits per heavy atom. The Bertz CT molecular complexity index is 534. The van der Waals surface area contributed by atoms with Crippen LogP contribution >= 0.6 is 15.9 Å². The number of halogens is 2. The molecule has 0 amide bonds. The zero-order valence-corrected chi connectivity index (χ0v) is 9.49. The van der Waals surface area contributed by atoms with Crippen LogP contribution in [0.1, 0.15) is 10.4 Å². The van der Waals surface area contributed by atoms with Gasteiger partial charge in [-0.25, -0.2) is 9.18 Å². The molecule has 0 radical (unpaired) electrons. The van der Waals surface area contributed by atoms with Crippen molar-refractivity contribution in [1.82, 2.24) is 0 Å². The summed E-state index contributed by atoms with van der Waals surface area (Å²) in [5, 5.41) is 8.97. The topological polar surface area (TPSA) is 50.4 Å². The summed E-state index contributed by atoms with van der Waals surface area (Å²) in [6.07, 6.45) is 1.40. The van der Waals surface area contributed by atoms with E-state index in [9.17, 15) is 9.18 Å². The van der Waals surface area contributed by atoms with Crippen LogP contribution in [0.4, 0.5) is 4.39 Å². The summed E-state index contributed by atoms with van der Waals surface area (Å²) >= 11 is 2.94. The van der Waals surface area contributed by atoms with E-state index in [0.717, 1.165) is 0 Å². The molecule has 0 saturated heterocycles. The minimum Gasteiger partial charge on any atom is -0.478 e. The highest BCUT2D eigenvalue weighted by atomic mass is 79.9. The summed E-state index contributed by atoms with van der Waals surface area (Å²) in [7, 11) is 0. The lowest BCUT2D eigenvalue weighted by molar-refractivity contribution is 0.0692. The van der Waals surface area contributed by atoms with Gasteiger partial charge in [-0.15, -0.1) is 0 Å². The minimum absolute atomic E-state index is 0.111. The van der Waals surface area contributed by atoms with Crippen molar-refractivity contribution in [2.75, 3.05) is 0 Å². The lowest BCUT2D eigenvalue weighted by Crippen LogP contribution is -2.03. The van der Waals surface area contributed by atoms with Crippen molar-refractivity contribution in [2.24, 2.45) is 0 Å². The fourth-order valence-electron chi connectivity index (χ4n) is 1.40. The summed E-state index contributed by atoms with van der Waals surface area (Å²) in [5.41, 5.74) is -0.178. The highest BCUT2D eigenvalue weighted by Gasteiger charge is 2.20. The molecule has 0 bridgehead atoms. The van der Waals surface area contributed by atoms with Gasteiger partial charge in [-0.3, -0.25) is 0 Å². The third kappa shape index (κ3) is 1.74. The van der Waals surface area contributed by atoms with Gasteiger partial charge in [0.2, 0.25) is 0 Å². The lowest BCUT2D eigenvalue weighted by Gasteiger charge is -2.05. The SMILES string of the molecule is O=C(O)c1c(-c2ccco2)ccc(Br)c1F. The fourth-order valence-corrected chi connectivity index (χ4v) is 1.73. The molecule has 0 unspecified atom stereocenters. The zero-order valence-electron chi connectivity index (χ0n) is 7.91. The average molecular weight is 285 g/mol. The number of aromatic carboxylic acids is 1. The van der Waals surface area contributed by atoms with Crippen molar-refractivity contribution in [2.45, 2.75) is 0 Å². The number of carboxylic acids is 1. The molecule has 0 aliphatic carbocycles. The number of hydrogen-bond donors (Lipinski definition) is 1. The van der Waals surface area contributed by atoms with Crippen molar-refractivity contribution < 1.29 is 18.7 Å². The third-order valence-electron chi connectivity index (χ3n) is 2.10. The second-order valence-corrected chi connectivity index (χ2v) is 3.92. The number of hydrogen-bond acceptors (Lipinski definition) is 2. The van der Waals surface area contributed by atoms with Crippen molar-refractivity contribution in [1.29, 1.82) is 0 Å². The van der Waals surface area contributed by atoms with Crippen molar-refractivity contribution in [3.63, 3.8) is 0 Å². The normalized spacial score (nSPS) is 10.4. The average Bonchev–Trinajstić information content (AvgIpc) is 2.74. The number of rotatable bonds is 2. The molecule has 0 spiro atoms. The second kappa shape index (κ2) is 4.09. The van der Waals surface area contributed by atoms with Crippen molar-refractivity contribution >= 4 is 21.9 Å². The predicted octanol–water partition coefficient (Wildman–Crippen LogP) is 3.55. The quantitative estimate of drug-likeness (QED) is 0.918. The molecule has 1 heterocycles. The van der Waals surface area contributed by atoms with Gasteiger partial charge >= 0.3 is 5.97 Å². The van der Waals surface area contributed by atoms with E-state index >= 15 is 0 Å². The van der Waals surface area contributed by atoms with Crippen LogP contribution in [-0.2, 0) is 0 Å². The summed E-state index contributed by atoms with van der Waals surface area (Å²) in [6, 6.07) is 6.13. The lowest BCUT2D eigenvalue weighted by atomic mass is 10.0. The molecule has 5 heteroatoms. The first-order valence-corrected chi connectivity index (χ1v) is 5.15. The highest BCUT2D eigenvalue weighted by Crippen LogP contribution is 2.30. The molecular weight excluding hydrogens is 279 g/mol. The summed E-state index contributed by atoms with van der Waals surface area (Å²) < 4.78 is 18.8. The molecule has 1 aromatic heterocycles. The Morgan fingerprint density at radius 1 is 1.38 bits per heavy atom. The molecule has 0 atom stereocenters. The first-order chi connectivity index (χ1) is 7.61. The molecule has 16 heavy (non-hydrogen) atoms. The maximum absolute atomic E-state index is 13.6. The Labute approximate surface area is 98.6 Å². The smallest absolute Gasteiger partial charge is 0.339 e. The first-order valence-electron chi connectivity index (χ1n) is 4.36. The van der Waals surface area contributed by atoms with Crippen LogP contribution < -0.4 is 0 Å². The summed E-state index contributed by atoms with van der Waals surface area (Å²) in [5.74, 6) is -1.81. The Kier molecular flexibility index (Phi) is 2.78. The van der Waals surface area contributed by atoms with Gasteiger partial charge in [0.15, 0.2) is 5.82 Å². The van der Waals surface area contributed by atoms with Gasteiger partial charge in [-0.2, -0.15) is 0 Å². The van der Waals surface area contributed by atoms with E-state index in [1.807, 2.05) is 0 Å². The molecule has 82 valence electrons. The Balaban J connectivity index is 2.71. The fraction of sp³-hybridized carbons (Fsp3) is 0. The molecule has 0 saturated carbocycles. The summed E-state index contributed by atoms with van der Waals surface area (Å²) in [6.45, 7) is 0. The third-order valence-corrected chi connectivity index (χ3v) is 2.71. The molecular formula is C11H6BrFO3. The monoisotopic (exact) mass is 284 g/mol. The molecule has 0 fully saturated rings.